The molecular formula is C16H28N2O4S. The van der Waals surface area contributed by atoms with Gasteiger partial charge in [-0.2, -0.15) is 0 Å². The number of nitrogens with zero attached hydrogens (tertiary/aromatic N) is 1. The molecule has 23 heavy (non-hydrogen) atoms. The van der Waals surface area contributed by atoms with E-state index in [2.05, 4.69) is 27.7 Å². The summed E-state index contributed by atoms with van der Waals surface area (Å²) in [4.78, 5) is 10.5. The van der Waals surface area contributed by atoms with Crippen molar-refractivity contribution in [1.82, 2.24) is 0 Å². The van der Waals surface area contributed by atoms with Crippen molar-refractivity contribution < 1.29 is 22.2 Å². The molecule has 0 bridgehead atoms. The first-order chi connectivity index (χ1) is 10.6. The summed E-state index contributed by atoms with van der Waals surface area (Å²) in [7, 11) is -4.62. The van der Waals surface area contributed by atoms with E-state index < -0.39 is 20.8 Å². The fraction of sp³-hybridized carbons (Fsp3) is 0.562. The summed E-state index contributed by atoms with van der Waals surface area (Å²) in [5.74, 6) is -0.508. The zero-order valence-corrected chi connectivity index (χ0v) is 15.4. The van der Waals surface area contributed by atoms with Gasteiger partial charge in [0.05, 0.1) is 31.1 Å². The highest BCUT2D eigenvalue weighted by molar-refractivity contribution is 7.85. The Bertz CT molecular complexity index is 605. The number of quaternary nitrogens is 1. The van der Waals surface area contributed by atoms with Gasteiger partial charge in [0.1, 0.15) is 10.1 Å². The van der Waals surface area contributed by atoms with Crippen LogP contribution >= 0.6 is 0 Å². The number of hydrogen-bond acceptors (Lipinski definition) is 5. The summed E-state index contributed by atoms with van der Waals surface area (Å²) >= 11 is 0. The maximum Gasteiger partial charge on any atom is 0.161 e. The number of rotatable bonds is 6. The van der Waals surface area contributed by atoms with Gasteiger partial charge in [-0.1, -0.05) is 0 Å². The number of benzene rings is 1. The minimum absolute atomic E-state index is 0.167. The number of nitrogen functional groups attached to an aromatic ring is 1. The third-order valence-corrected chi connectivity index (χ3v) is 5.23. The molecule has 7 heteroatoms. The van der Waals surface area contributed by atoms with Crippen molar-refractivity contribution in [3.8, 4) is 0 Å². The van der Waals surface area contributed by atoms with Gasteiger partial charge in [-0.05, 0) is 52.8 Å². The minimum atomic E-state index is -4.62. The molecule has 2 N–H and O–H groups in total. The molecule has 132 valence electrons. The fourth-order valence-electron chi connectivity index (χ4n) is 2.38. The lowest BCUT2D eigenvalue weighted by Crippen LogP contribution is -2.47. The van der Waals surface area contributed by atoms with Gasteiger partial charge in [0.2, 0.25) is 0 Å². The molecule has 0 saturated heterocycles. The maximum atomic E-state index is 11.0. The van der Waals surface area contributed by atoms with E-state index >= 15 is 0 Å². The highest BCUT2D eigenvalue weighted by atomic mass is 32.2. The number of carbonyl (C=O) groups excluding carboxylic acids is 1. The van der Waals surface area contributed by atoms with Crippen LogP contribution in [0.2, 0.25) is 0 Å². The average molecular weight is 344 g/mol. The summed E-state index contributed by atoms with van der Waals surface area (Å²) in [6, 6.07) is 3.47. The molecule has 0 aliphatic rings. The Labute approximate surface area is 139 Å². The molecule has 0 saturated carbocycles. The average Bonchev–Trinajstić information content (AvgIpc) is 2.49. The van der Waals surface area contributed by atoms with Gasteiger partial charge >= 0.3 is 0 Å². The summed E-state index contributed by atoms with van der Waals surface area (Å²) < 4.78 is 33.4. The second kappa shape index (κ2) is 9.00. The van der Waals surface area contributed by atoms with Crippen molar-refractivity contribution in [2.45, 2.75) is 39.5 Å². The quantitative estimate of drug-likeness (QED) is 0.369. The Hall–Kier alpha value is -1.44. The Morgan fingerprint density at radius 3 is 1.78 bits per heavy atom. The van der Waals surface area contributed by atoms with E-state index in [1.54, 1.807) is 0 Å². The van der Waals surface area contributed by atoms with E-state index in [9.17, 15) is 17.8 Å². The van der Waals surface area contributed by atoms with Crippen molar-refractivity contribution in [3.05, 3.63) is 23.8 Å². The fourth-order valence-corrected chi connectivity index (χ4v) is 3.09. The Kier molecular flexibility index (Phi) is 8.44. The monoisotopic (exact) mass is 344 g/mol. The van der Waals surface area contributed by atoms with Crippen LogP contribution in [-0.4, -0.2) is 49.4 Å². The molecule has 0 aliphatic carbocycles. The second-order valence-corrected chi connectivity index (χ2v) is 6.72. The molecule has 0 fully saturated rings. The van der Waals surface area contributed by atoms with Crippen molar-refractivity contribution in [1.29, 1.82) is 0 Å². The molecular weight excluding hydrogens is 316 g/mol. The smallest absolute Gasteiger partial charge is 0.161 e. The van der Waals surface area contributed by atoms with Crippen LogP contribution in [0.25, 0.3) is 0 Å². The van der Waals surface area contributed by atoms with Gasteiger partial charge in [0, 0.05) is 11.3 Å². The largest absolute Gasteiger partial charge is 0.744 e. The lowest BCUT2D eigenvalue weighted by Gasteiger charge is -2.34. The van der Waals surface area contributed by atoms with E-state index in [0.29, 0.717) is 0 Å². The van der Waals surface area contributed by atoms with Crippen LogP contribution in [-0.2, 0) is 10.1 Å². The van der Waals surface area contributed by atoms with Crippen LogP contribution in [0.1, 0.15) is 45.0 Å². The normalized spacial score (nSPS) is 11.6. The number of ketones is 1. The lowest BCUT2D eigenvalue weighted by atomic mass is 10.1. The van der Waals surface area contributed by atoms with E-state index in [-0.39, 0.29) is 11.3 Å². The summed E-state index contributed by atoms with van der Waals surface area (Å²) in [6.45, 7) is 15.4. The standard InChI is InChI=1S/C8H9NO4S.C8H20N/c1-5(10)7-4-6(9)2-3-8(7)14(11,12)13;1-5-9(6-2,7-3)8-4/h2-4H,9H2,1H3,(H,11,12,13);5-8H2,1-4H3/q;+1/p-1. The zero-order valence-electron chi connectivity index (χ0n) is 14.6. The molecule has 6 nitrogen and oxygen atoms in total. The Morgan fingerprint density at radius 2 is 1.52 bits per heavy atom. The third kappa shape index (κ3) is 6.29. The first-order valence-electron chi connectivity index (χ1n) is 7.78. The van der Waals surface area contributed by atoms with Gasteiger partial charge in [0.25, 0.3) is 0 Å². The van der Waals surface area contributed by atoms with Gasteiger partial charge in [-0.25, -0.2) is 8.42 Å². The molecule has 0 atom stereocenters. The van der Waals surface area contributed by atoms with E-state index in [0.717, 1.165) is 6.07 Å². The predicted molar refractivity (Wildman–Crippen MR) is 91.2 cm³/mol. The van der Waals surface area contributed by atoms with Crippen molar-refractivity contribution >= 4 is 21.6 Å². The topological polar surface area (TPSA) is 100 Å². The number of anilines is 1. The molecule has 0 amide bonds. The van der Waals surface area contributed by atoms with Gasteiger partial charge < -0.3 is 14.8 Å². The second-order valence-electron chi connectivity index (χ2n) is 5.37. The highest BCUT2D eigenvalue weighted by Crippen LogP contribution is 2.18. The first kappa shape index (κ1) is 21.6. The van der Waals surface area contributed by atoms with Crippen LogP contribution in [0.3, 0.4) is 0 Å². The molecule has 0 aromatic heterocycles. The van der Waals surface area contributed by atoms with Crippen molar-refractivity contribution in [2.75, 3.05) is 31.9 Å². The van der Waals surface area contributed by atoms with Crippen LogP contribution < -0.4 is 5.73 Å². The minimum Gasteiger partial charge on any atom is -0.744 e. The van der Waals surface area contributed by atoms with Crippen molar-refractivity contribution in [3.63, 3.8) is 0 Å². The van der Waals surface area contributed by atoms with Crippen molar-refractivity contribution in [2.24, 2.45) is 0 Å². The molecule has 0 spiro atoms. The molecule has 1 aromatic carbocycles. The Balaban J connectivity index is 0.000000468. The van der Waals surface area contributed by atoms with E-state index in [1.807, 2.05) is 0 Å². The van der Waals surface area contributed by atoms with Crippen LogP contribution in [0, 0.1) is 0 Å². The molecule has 0 heterocycles. The Morgan fingerprint density at radius 1 is 1.09 bits per heavy atom. The molecule has 0 radical (unpaired) electrons. The molecule has 0 unspecified atom stereocenters. The summed E-state index contributed by atoms with van der Waals surface area (Å²) in [6.07, 6.45) is 0. The first-order valence-corrected chi connectivity index (χ1v) is 9.19. The highest BCUT2D eigenvalue weighted by Gasteiger charge is 2.16. The van der Waals surface area contributed by atoms with Gasteiger partial charge in [-0.15, -0.1) is 0 Å². The number of carbonyl (C=O) groups is 1. The van der Waals surface area contributed by atoms with Crippen LogP contribution in [0.5, 0.6) is 0 Å². The van der Waals surface area contributed by atoms with E-state index in [1.165, 1.54) is 49.7 Å². The maximum absolute atomic E-state index is 11.0. The van der Waals surface area contributed by atoms with E-state index in [4.69, 9.17) is 5.73 Å². The molecule has 1 aromatic rings. The number of Topliss-reactive ketones (excluding diaryl/α,β-unsaturated/α-hetero) is 1. The van der Waals surface area contributed by atoms with Gasteiger partial charge in [0.15, 0.2) is 5.78 Å². The summed E-state index contributed by atoms with van der Waals surface area (Å²) in [5.41, 5.74) is 5.43. The number of nitrogens with two attached hydrogens (primary N) is 1. The third-order valence-electron chi connectivity index (χ3n) is 4.34. The van der Waals surface area contributed by atoms with Crippen LogP contribution in [0.4, 0.5) is 5.69 Å². The lowest BCUT2D eigenvalue weighted by molar-refractivity contribution is -0.921. The zero-order chi connectivity index (χ0) is 18.3. The molecule has 1 rings (SSSR count). The SMILES string of the molecule is CC(=O)c1cc(N)ccc1S(=O)(=O)[O-].CC[N+](CC)(CC)CC. The molecule has 0 aliphatic heterocycles. The van der Waals surface area contributed by atoms with Gasteiger partial charge in [-0.3, -0.25) is 4.79 Å². The number of hydrogen-bond donors (Lipinski definition) is 1. The predicted octanol–water partition coefficient (Wildman–Crippen LogP) is 2.26. The summed E-state index contributed by atoms with van der Waals surface area (Å²) in [5, 5.41) is 0. The van der Waals surface area contributed by atoms with Crippen LogP contribution in [0.15, 0.2) is 23.1 Å².